The van der Waals surface area contributed by atoms with Crippen molar-refractivity contribution in [1.82, 2.24) is 9.80 Å². The highest BCUT2D eigenvalue weighted by Crippen LogP contribution is 2.27. The van der Waals surface area contributed by atoms with Gasteiger partial charge >= 0.3 is 0 Å². The topological polar surface area (TPSA) is 47.3 Å². The maximum Gasteiger partial charge on any atom is 0.225 e. The van der Waals surface area contributed by atoms with E-state index in [-0.39, 0.29) is 12.0 Å². The summed E-state index contributed by atoms with van der Waals surface area (Å²) < 4.78 is 0. The minimum absolute atomic E-state index is 0.0359. The highest BCUT2D eigenvalue weighted by atomic mass is 16.2. The highest BCUT2D eigenvalue weighted by Gasteiger charge is 2.30. The van der Waals surface area contributed by atoms with E-state index in [0.29, 0.717) is 5.91 Å². The molecule has 4 nitrogen and oxygen atoms in total. The number of carbonyl (C=O) groups is 1. The maximum absolute atomic E-state index is 12.3. The number of rotatable bonds is 4. The van der Waals surface area contributed by atoms with Gasteiger partial charge in [-0.2, -0.15) is 5.26 Å². The van der Waals surface area contributed by atoms with Crippen molar-refractivity contribution in [1.29, 1.82) is 5.26 Å². The quantitative estimate of drug-likeness (QED) is 0.779. The second-order valence-electron chi connectivity index (χ2n) is 5.78. The largest absolute Gasteiger partial charge is 0.340 e. The molecule has 2 aliphatic rings. The molecule has 1 heterocycles. The molecular formula is C15H25N3O. The second-order valence-corrected chi connectivity index (χ2v) is 5.78. The number of piperazine rings is 1. The average Bonchev–Trinajstić information content (AvgIpc) is 2.98. The summed E-state index contributed by atoms with van der Waals surface area (Å²) in [5.41, 5.74) is 0. The Bertz CT molecular complexity index is 336. The molecule has 19 heavy (non-hydrogen) atoms. The van der Waals surface area contributed by atoms with E-state index in [4.69, 9.17) is 0 Å². The first-order chi connectivity index (χ1) is 9.26. The summed E-state index contributed by atoms with van der Waals surface area (Å²) in [5, 5.41) is 9.18. The fourth-order valence-corrected chi connectivity index (χ4v) is 3.29. The Morgan fingerprint density at radius 2 is 1.89 bits per heavy atom. The van der Waals surface area contributed by atoms with Gasteiger partial charge in [-0.1, -0.05) is 26.2 Å². The number of nitriles is 1. The SMILES string of the molecule is CCCC(C#N)N1CCN(C(=O)C2CCCC2)CC1. The molecule has 0 spiro atoms. The van der Waals surface area contributed by atoms with Gasteiger partial charge in [-0.05, 0) is 19.3 Å². The Morgan fingerprint density at radius 1 is 1.26 bits per heavy atom. The van der Waals surface area contributed by atoms with E-state index in [1.54, 1.807) is 0 Å². The summed E-state index contributed by atoms with van der Waals surface area (Å²) in [5.74, 6) is 0.648. The molecule has 1 aliphatic carbocycles. The van der Waals surface area contributed by atoms with Crippen molar-refractivity contribution >= 4 is 5.91 Å². The van der Waals surface area contributed by atoms with E-state index < -0.39 is 0 Å². The van der Waals surface area contributed by atoms with Crippen LogP contribution in [0.15, 0.2) is 0 Å². The second kappa shape index (κ2) is 6.91. The molecule has 1 amide bonds. The smallest absolute Gasteiger partial charge is 0.225 e. The Hall–Kier alpha value is -1.08. The van der Waals surface area contributed by atoms with Crippen LogP contribution in [-0.4, -0.2) is 47.9 Å². The third kappa shape index (κ3) is 3.48. The van der Waals surface area contributed by atoms with Crippen LogP contribution >= 0.6 is 0 Å². The summed E-state index contributed by atoms with van der Waals surface area (Å²) in [6.45, 7) is 5.44. The van der Waals surface area contributed by atoms with Gasteiger partial charge in [-0.3, -0.25) is 9.69 Å². The van der Waals surface area contributed by atoms with E-state index in [1.165, 1.54) is 12.8 Å². The normalized spacial score (nSPS) is 23.3. The van der Waals surface area contributed by atoms with Gasteiger partial charge in [-0.15, -0.1) is 0 Å². The molecule has 0 N–H and O–H groups in total. The van der Waals surface area contributed by atoms with Crippen molar-refractivity contribution in [2.24, 2.45) is 5.92 Å². The zero-order chi connectivity index (χ0) is 13.7. The van der Waals surface area contributed by atoms with Crippen LogP contribution in [0.1, 0.15) is 45.4 Å². The van der Waals surface area contributed by atoms with Gasteiger partial charge < -0.3 is 4.90 Å². The van der Waals surface area contributed by atoms with Crippen molar-refractivity contribution in [3.8, 4) is 6.07 Å². The third-order valence-corrected chi connectivity index (χ3v) is 4.48. The van der Waals surface area contributed by atoms with Gasteiger partial charge in [0.2, 0.25) is 5.91 Å². The molecule has 1 unspecified atom stereocenters. The third-order valence-electron chi connectivity index (χ3n) is 4.48. The molecule has 0 aromatic rings. The Kier molecular flexibility index (Phi) is 5.21. The molecule has 2 fully saturated rings. The van der Waals surface area contributed by atoms with E-state index in [2.05, 4.69) is 17.9 Å². The van der Waals surface area contributed by atoms with Gasteiger partial charge in [0.05, 0.1) is 12.1 Å². The molecule has 4 heteroatoms. The molecule has 0 bridgehead atoms. The minimum atomic E-state index is 0.0359. The summed E-state index contributed by atoms with van der Waals surface area (Å²) in [7, 11) is 0. The lowest BCUT2D eigenvalue weighted by atomic mass is 10.1. The first-order valence-electron chi connectivity index (χ1n) is 7.68. The van der Waals surface area contributed by atoms with Gasteiger partial charge in [0.25, 0.3) is 0 Å². The number of hydrogen-bond acceptors (Lipinski definition) is 3. The monoisotopic (exact) mass is 263 g/mol. The van der Waals surface area contributed by atoms with Crippen molar-refractivity contribution in [3.05, 3.63) is 0 Å². The summed E-state index contributed by atoms with van der Waals surface area (Å²) in [6, 6.07) is 2.43. The average molecular weight is 263 g/mol. The van der Waals surface area contributed by atoms with Crippen LogP contribution in [0.25, 0.3) is 0 Å². The first kappa shape index (κ1) is 14.3. The van der Waals surface area contributed by atoms with Crippen LogP contribution < -0.4 is 0 Å². The summed E-state index contributed by atoms with van der Waals surface area (Å²) in [4.78, 5) is 16.6. The molecule has 0 aromatic carbocycles. The van der Waals surface area contributed by atoms with Crippen molar-refractivity contribution in [3.63, 3.8) is 0 Å². The zero-order valence-corrected chi connectivity index (χ0v) is 12.0. The highest BCUT2D eigenvalue weighted by molar-refractivity contribution is 5.79. The van der Waals surface area contributed by atoms with Gasteiger partial charge in [0, 0.05) is 32.1 Å². The molecule has 1 atom stereocenters. The molecule has 2 rings (SSSR count). The number of hydrogen-bond donors (Lipinski definition) is 0. The first-order valence-corrected chi connectivity index (χ1v) is 7.68. The van der Waals surface area contributed by atoms with Crippen molar-refractivity contribution < 1.29 is 4.79 Å². The number of carbonyl (C=O) groups excluding carboxylic acids is 1. The lowest BCUT2D eigenvalue weighted by Gasteiger charge is -2.37. The van der Waals surface area contributed by atoms with Crippen LogP contribution in [-0.2, 0) is 4.79 Å². The van der Waals surface area contributed by atoms with Crippen molar-refractivity contribution in [2.45, 2.75) is 51.5 Å². The standard InChI is InChI=1S/C15H25N3O/c1-2-5-14(12-16)17-8-10-18(11-9-17)15(19)13-6-3-4-7-13/h13-14H,2-11H2,1H3. The molecule has 1 saturated heterocycles. The summed E-state index contributed by atoms with van der Waals surface area (Å²) in [6.07, 6.45) is 6.56. The predicted octanol–water partition coefficient (Wildman–Crippen LogP) is 2.01. The van der Waals surface area contributed by atoms with E-state index >= 15 is 0 Å². The van der Waals surface area contributed by atoms with Crippen molar-refractivity contribution in [2.75, 3.05) is 26.2 Å². The van der Waals surface area contributed by atoms with Crippen LogP contribution in [0.5, 0.6) is 0 Å². The van der Waals surface area contributed by atoms with Gasteiger partial charge in [0.1, 0.15) is 0 Å². The lowest BCUT2D eigenvalue weighted by molar-refractivity contribution is -0.137. The van der Waals surface area contributed by atoms with Crippen LogP contribution in [0.3, 0.4) is 0 Å². The Balaban J connectivity index is 1.81. The fourth-order valence-electron chi connectivity index (χ4n) is 3.29. The Labute approximate surface area is 116 Å². The Morgan fingerprint density at radius 3 is 2.42 bits per heavy atom. The number of nitrogens with zero attached hydrogens (tertiary/aromatic N) is 3. The molecular weight excluding hydrogens is 238 g/mol. The van der Waals surface area contributed by atoms with Gasteiger partial charge in [-0.25, -0.2) is 0 Å². The zero-order valence-electron chi connectivity index (χ0n) is 12.0. The lowest BCUT2D eigenvalue weighted by Crippen LogP contribution is -2.52. The fraction of sp³-hybridized carbons (Fsp3) is 0.867. The minimum Gasteiger partial charge on any atom is -0.340 e. The van der Waals surface area contributed by atoms with Crippen LogP contribution in [0.4, 0.5) is 0 Å². The molecule has 106 valence electrons. The number of amides is 1. The van der Waals surface area contributed by atoms with Crippen LogP contribution in [0.2, 0.25) is 0 Å². The summed E-state index contributed by atoms with van der Waals surface area (Å²) >= 11 is 0. The van der Waals surface area contributed by atoms with Gasteiger partial charge in [0.15, 0.2) is 0 Å². The maximum atomic E-state index is 12.3. The molecule has 1 aliphatic heterocycles. The van der Waals surface area contributed by atoms with E-state index in [9.17, 15) is 10.1 Å². The molecule has 0 aromatic heterocycles. The van der Waals surface area contributed by atoms with Crippen LogP contribution in [0, 0.1) is 17.2 Å². The van der Waals surface area contributed by atoms with E-state index in [0.717, 1.165) is 51.9 Å². The molecule has 0 radical (unpaired) electrons. The molecule has 1 saturated carbocycles. The van der Waals surface area contributed by atoms with E-state index in [1.807, 2.05) is 4.90 Å². The predicted molar refractivity (Wildman–Crippen MR) is 74.4 cm³/mol.